The predicted molar refractivity (Wildman–Crippen MR) is 232 cm³/mol. The van der Waals surface area contributed by atoms with E-state index in [0.717, 1.165) is 19.3 Å². The van der Waals surface area contributed by atoms with Crippen LogP contribution in [0.1, 0.15) is 121 Å². The van der Waals surface area contributed by atoms with Crippen LogP contribution < -0.4 is 10.6 Å². The number of methoxy groups -OCH3 is 2. The number of likely N-dealkylation sites (N-methyl/N-ethyl adjacent to an activating group) is 2. The number of rotatable bonds is 25. The van der Waals surface area contributed by atoms with Crippen molar-refractivity contribution in [2.24, 2.45) is 23.7 Å². The van der Waals surface area contributed by atoms with E-state index in [1.807, 2.05) is 74.3 Å². The molecule has 0 radical (unpaired) electrons. The normalized spacial score (nSPS) is 18.6. The molecule has 0 saturated carbocycles. The van der Waals surface area contributed by atoms with E-state index in [1.165, 1.54) is 21.1 Å². The minimum atomic E-state index is -1.15. The van der Waals surface area contributed by atoms with Crippen molar-refractivity contribution in [2.45, 2.75) is 169 Å². The van der Waals surface area contributed by atoms with Crippen LogP contribution in [0, 0.1) is 23.7 Å². The number of aliphatic carboxylic acids is 1. The number of amides is 5. The van der Waals surface area contributed by atoms with Crippen LogP contribution in [0.3, 0.4) is 0 Å². The molecule has 1 saturated heterocycles. The van der Waals surface area contributed by atoms with Crippen LogP contribution in [-0.2, 0) is 38.2 Å². The Morgan fingerprint density at radius 3 is 1.93 bits per heavy atom. The van der Waals surface area contributed by atoms with Crippen molar-refractivity contribution in [3.63, 3.8) is 0 Å². The summed E-state index contributed by atoms with van der Waals surface area (Å²) in [7, 11) is 8.37. The summed E-state index contributed by atoms with van der Waals surface area (Å²) in [6.07, 6.45) is 2.76. The van der Waals surface area contributed by atoms with Gasteiger partial charge in [-0.3, -0.25) is 28.9 Å². The van der Waals surface area contributed by atoms with Crippen molar-refractivity contribution in [3.05, 3.63) is 0 Å². The summed E-state index contributed by atoms with van der Waals surface area (Å²) in [6.45, 7) is 22.1. The molecule has 16 nitrogen and oxygen atoms in total. The molecule has 1 heterocycles. The van der Waals surface area contributed by atoms with E-state index >= 15 is 0 Å². The van der Waals surface area contributed by atoms with Crippen LogP contribution in [0.15, 0.2) is 0 Å². The second-order valence-corrected chi connectivity index (χ2v) is 18.5. The highest BCUT2D eigenvalue weighted by Crippen LogP contribution is 2.30. The van der Waals surface area contributed by atoms with Gasteiger partial charge < -0.3 is 44.7 Å². The van der Waals surface area contributed by atoms with Crippen molar-refractivity contribution < 1.29 is 48.1 Å². The summed E-state index contributed by atoms with van der Waals surface area (Å²) in [5, 5.41) is 14.9. The van der Waals surface area contributed by atoms with E-state index in [1.54, 1.807) is 35.7 Å². The Balaban J connectivity index is 3.13. The summed E-state index contributed by atoms with van der Waals surface area (Å²) in [6, 6.07) is -3.31. The molecule has 1 aliphatic heterocycles. The molecule has 5 amide bonds. The molecule has 0 aromatic carbocycles. The molecule has 0 spiro atoms. The average molecular weight is 855 g/mol. The number of carbonyl (C=O) groups excluding carboxylic acids is 5. The van der Waals surface area contributed by atoms with E-state index in [4.69, 9.17) is 14.2 Å². The summed E-state index contributed by atoms with van der Waals surface area (Å²) in [4.78, 5) is 86.3. The number of carboxylic acid groups (broad SMARTS) is 1. The minimum Gasteiger partial charge on any atom is -0.480 e. The molecule has 1 rings (SSSR count). The Morgan fingerprint density at radius 1 is 0.833 bits per heavy atom. The number of likely N-dealkylation sites (tertiary alicyclic amines) is 1. The lowest BCUT2D eigenvalue weighted by Crippen LogP contribution is -2.60. The summed E-state index contributed by atoms with van der Waals surface area (Å²) >= 11 is 0. The van der Waals surface area contributed by atoms with Gasteiger partial charge in [0.25, 0.3) is 0 Å². The van der Waals surface area contributed by atoms with Crippen molar-refractivity contribution in [1.82, 2.24) is 30.2 Å². The maximum Gasteiger partial charge on any atom is 0.410 e. The van der Waals surface area contributed by atoms with Gasteiger partial charge in [0.1, 0.15) is 17.7 Å². The number of hydrogen-bond acceptors (Lipinski definition) is 10. The molecule has 0 aliphatic carbocycles. The Bertz CT molecular complexity index is 1390. The molecular weight excluding hydrogens is 773 g/mol. The quantitative estimate of drug-likeness (QED) is 0.109. The standard InChI is InChI=1S/C44H82N6O10/c1-17-29(6)37(33(58-15)26-34(51)50-25-21-22-32(50)38(59-16)30(7)39(52)45-31(8)42(55)56)49(14)41(54)35(27(2)3)46-40(53)36(28(4)5)47(12)23-19-18-20-24-48(13)43(57)60-44(9,10)11/h27-33,35-38H,17-26H2,1-16H3,(H,45,52)(H,46,53)(H,55,56)/t29-,30+,31-,32-,33+,35-,36-,37-,38+/m0/s1. The van der Waals surface area contributed by atoms with E-state index in [0.29, 0.717) is 38.9 Å². The molecular formula is C44H82N6O10. The summed E-state index contributed by atoms with van der Waals surface area (Å²) in [5.41, 5.74) is -0.555. The third kappa shape index (κ3) is 16.4. The van der Waals surface area contributed by atoms with Gasteiger partial charge in [0, 0.05) is 41.4 Å². The molecule has 16 heteroatoms. The fourth-order valence-electron chi connectivity index (χ4n) is 8.15. The Kier molecular flexibility index (Phi) is 23.1. The van der Waals surface area contributed by atoms with Gasteiger partial charge >= 0.3 is 12.1 Å². The van der Waals surface area contributed by atoms with E-state index in [2.05, 4.69) is 10.6 Å². The maximum atomic E-state index is 14.5. The van der Waals surface area contributed by atoms with Crippen LogP contribution in [0.4, 0.5) is 4.79 Å². The number of ether oxygens (including phenoxy) is 3. The zero-order chi connectivity index (χ0) is 46.2. The number of hydrogen-bond donors (Lipinski definition) is 3. The molecule has 0 unspecified atom stereocenters. The first-order valence-corrected chi connectivity index (χ1v) is 21.9. The van der Waals surface area contributed by atoms with Gasteiger partial charge in [-0.25, -0.2) is 4.79 Å². The highest BCUT2D eigenvalue weighted by Gasteiger charge is 2.43. The molecule has 60 heavy (non-hydrogen) atoms. The molecule has 1 aliphatic rings. The number of carbonyl (C=O) groups is 6. The lowest BCUT2D eigenvalue weighted by atomic mass is 9.89. The molecule has 0 bridgehead atoms. The maximum absolute atomic E-state index is 14.5. The zero-order valence-corrected chi connectivity index (χ0v) is 39.8. The van der Waals surface area contributed by atoms with Crippen LogP contribution in [0.5, 0.6) is 0 Å². The van der Waals surface area contributed by atoms with E-state index in [9.17, 15) is 33.9 Å². The topological polar surface area (TPSA) is 187 Å². The molecule has 0 aromatic heterocycles. The van der Waals surface area contributed by atoms with Crippen LogP contribution >= 0.6 is 0 Å². The zero-order valence-electron chi connectivity index (χ0n) is 39.8. The minimum absolute atomic E-state index is 0.0249. The van der Waals surface area contributed by atoms with Gasteiger partial charge in [-0.15, -0.1) is 0 Å². The lowest BCUT2D eigenvalue weighted by Gasteiger charge is -2.41. The Labute approximate surface area is 361 Å². The molecule has 0 aromatic rings. The van der Waals surface area contributed by atoms with Gasteiger partial charge in [0.15, 0.2) is 0 Å². The molecule has 348 valence electrons. The van der Waals surface area contributed by atoms with Crippen LogP contribution in [0.2, 0.25) is 0 Å². The largest absolute Gasteiger partial charge is 0.480 e. The molecule has 1 fully saturated rings. The predicted octanol–water partition coefficient (Wildman–Crippen LogP) is 4.63. The smallest absolute Gasteiger partial charge is 0.410 e. The first-order chi connectivity index (χ1) is 27.8. The summed E-state index contributed by atoms with van der Waals surface area (Å²) in [5.74, 6) is -3.40. The van der Waals surface area contributed by atoms with E-state index < -0.39 is 65.8 Å². The van der Waals surface area contributed by atoms with Crippen molar-refractivity contribution >= 4 is 35.7 Å². The number of nitrogens with one attached hydrogen (secondary N) is 2. The number of unbranched alkanes of at least 4 members (excludes halogenated alkanes) is 2. The second kappa shape index (κ2) is 25.4. The first kappa shape index (κ1) is 54.5. The summed E-state index contributed by atoms with van der Waals surface area (Å²) < 4.78 is 17.2. The third-order valence-electron chi connectivity index (χ3n) is 11.8. The van der Waals surface area contributed by atoms with Crippen molar-refractivity contribution in [3.8, 4) is 0 Å². The van der Waals surface area contributed by atoms with E-state index in [-0.39, 0.29) is 48.0 Å². The van der Waals surface area contributed by atoms with Crippen LogP contribution in [-0.4, -0.2) is 163 Å². The number of nitrogens with zero attached hydrogens (tertiary/aromatic N) is 4. The van der Waals surface area contributed by atoms with Gasteiger partial charge in [-0.2, -0.15) is 0 Å². The third-order valence-corrected chi connectivity index (χ3v) is 11.8. The molecule has 9 atom stereocenters. The van der Waals surface area contributed by atoms with Gasteiger partial charge in [0.05, 0.1) is 42.7 Å². The van der Waals surface area contributed by atoms with Gasteiger partial charge in [-0.1, -0.05) is 61.3 Å². The fourth-order valence-corrected chi connectivity index (χ4v) is 8.15. The average Bonchev–Trinajstić information content (AvgIpc) is 3.64. The second-order valence-electron chi connectivity index (χ2n) is 18.5. The Hall–Kier alpha value is -3.50. The molecule has 3 N–H and O–H groups in total. The van der Waals surface area contributed by atoms with Gasteiger partial charge in [0.2, 0.25) is 23.6 Å². The SMILES string of the molecule is CC[C@H](C)[C@@H]([C@@H](CC(=O)N1CCC[C@H]1[C@H](OC)[C@@H](C)C(=O)N[C@@H](C)C(=O)O)OC)N(C)C(=O)[C@@H](NC(=O)[C@H](C(C)C)N(C)CCCCCN(C)C(=O)OC(C)(C)C)C(C)C. The number of carboxylic acids is 1. The first-order valence-electron chi connectivity index (χ1n) is 21.9. The van der Waals surface area contributed by atoms with Crippen molar-refractivity contribution in [1.29, 1.82) is 0 Å². The van der Waals surface area contributed by atoms with Crippen molar-refractivity contribution in [2.75, 3.05) is 55.0 Å². The van der Waals surface area contributed by atoms with Crippen LogP contribution in [0.25, 0.3) is 0 Å². The highest BCUT2D eigenvalue weighted by molar-refractivity contribution is 5.90. The van der Waals surface area contributed by atoms with Gasteiger partial charge in [-0.05, 0) is 84.7 Å². The Morgan fingerprint density at radius 2 is 1.43 bits per heavy atom. The fraction of sp³-hybridized carbons (Fsp3) is 0.864. The monoisotopic (exact) mass is 855 g/mol. The lowest BCUT2D eigenvalue weighted by molar-refractivity contribution is -0.148. The highest BCUT2D eigenvalue weighted by atomic mass is 16.6.